The fourth-order valence-corrected chi connectivity index (χ4v) is 2.95. The van der Waals surface area contributed by atoms with Crippen LogP contribution in [0.3, 0.4) is 0 Å². The maximum atomic E-state index is 11.1. The number of piperidine rings is 1. The van der Waals surface area contributed by atoms with Crippen molar-refractivity contribution in [2.75, 3.05) is 18.4 Å². The van der Waals surface area contributed by atoms with Crippen molar-refractivity contribution in [2.45, 2.75) is 25.8 Å². The number of nitrogens with two attached hydrogens (primary N) is 1. The number of hydrogen-bond donors (Lipinski definition) is 3. The molecule has 1 fully saturated rings. The van der Waals surface area contributed by atoms with Crippen LogP contribution in [0.15, 0.2) is 22.7 Å². The quantitative estimate of drug-likeness (QED) is 0.796. The second-order valence-corrected chi connectivity index (χ2v) is 5.95. The highest BCUT2D eigenvalue weighted by atomic mass is 79.9. The summed E-state index contributed by atoms with van der Waals surface area (Å²) in [6, 6.07) is 5.80. The molecule has 0 spiro atoms. The molecule has 1 aliphatic heterocycles. The minimum atomic E-state index is -0.406. The first-order chi connectivity index (χ1) is 9.08. The lowest BCUT2D eigenvalue weighted by Crippen LogP contribution is -2.38. The van der Waals surface area contributed by atoms with Gasteiger partial charge in [0.25, 0.3) is 0 Å². The fraction of sp³-hybridized carbons (Fsp3) is 0.500. The van der Waals surface area contributed by atoms with Gasteiger partial charge in [0, 0.05) is 21.8 Å². The summed E-state index contributed by atoms with van der Waals surface area (Å²) in [7, 11) is 0. The third kappa shape index (κ3) is 3.70. The van der Waals surface area contributed by atoms with Gasteiger partial charge in [0.15, 0.2) is 0 Å². The first-order valence-corrected chi connectivity index (χ1v) is 7.44. The van der Waals surface area contributed by atoms with E-state index in [9.17, 15) is 4.79 Å². The molecular weight excluding hydrogens is 306 g/mol. The lowest BCUT2D eigenvalue weighted by Gasteiger charge is -2.30. The molecule has 1 aromatic rings. The summed E-state index contributed by atoms with van der Waals surface area (Å²) in [5.41, 5.74) is 6.78. The molecule has 1 aromatic carbocycles. The highest BCUT2D eigenvalue weighted by molar-refractivity contribution is 9.10. The third-order valence-corrected chi connectivity index (χ3v) is 4.33. The standard InChI is InChI=1S/C14H20BrN3O/c1-9(11-3-2-6-17-8-11)18-13-5-4-10(14(16)19)7-12(13)15/h4-5,7,9,11,17-18H,2-3,6,8H2,1H3,(H2,16,19). The summed E-state index contributed by atoms with van der Waals surface area (Å²) < 4.78 is 0.874. The Morgan fingerprint density at radius 1 is 1.58 bits per heavy atom. The summed E-state index contributed by atoms with van der Waals surface area (Å²) in [4.78, 5) is 11.1. The van der Waals surface area contributed by atoms with Crippen LogP contribution in [-0.4, -0.2) is 25.0 Å². The molecule has 5 heteroatoms. The van der Waals surface area contributed by atoms with Crippen molar-refractivity contribution in [3.8, 4) is 0 Å². The van der Waals surface area contributed by atoms with Crippen molar-refractivity contribution in [3.05, 3.63) is 28.2 Å². The number of carbonyl (C=O) groups is 1. The van der Waals surface area contributed by atoms with Crippen LogP contribution in [0.2, 0.25) is 0 Å². The van der Waals surface area contributed by atoms with Gasteiger partial charge in [-0.05, 0) is 72.9 Å². The van der Waals surface area contributed by atoms with Gasteiger partial charge in [-0.2, -0.15) is 0 Å². The summed E-state index contributed by atoms with van der Waals surface area (Å²) in [5, 5.41) is 6.93. The molecular formula is C14H20BrN3O. The molecule has 0 aromatic heterocycles. The number of amides is 1. The third-order valence-electron chi connectivity index (χ3n) is 3.68. The zero-order valence-electron chi connectivity index (χ0n) is 11.1. The smallest absolute Gasteiger partial charge is 0.248 e. The van der Waals surface area contributed by atoms with Gasteiger partial charge in [-0.25, -0.2) is 0 Å². The Kier molecular flexibility index (Phi) is 4.82. The Morgan fingerprint density at radius 3 is 2.95 bits per heavy atom. The van der Waals surface area contributed by atoms with Crippen LogP contribution in [0, 0.1) is 5.92 Å². The molecule has 1 heterocycles. The SMILES string of the molecule is CC(Nc1ccc(C(N)=O)cc1Br)C1CCCNC1. The van der Waals surface area contributed by atoms with Crippen LogP contribution in [0.1, 0.15) is 30.1 Å². The summed E-state index contributed by atoms with van der Waals surface area (Å²) in [6.45, 7) is 4.39. The second kappa shape index (κ2) is 6.39. The zero-order chi connectivity index (χ0) is 13.8. The predicted molar refractivity (Wildman–Crippen MR) is 81.3 cm³/mol. The minimum absolute atomic E-state index is 0.392. The number of carbonyl (C=O) groups excluding carboxylic acids is 1. The Hall–Kier alpha value is -1.07. The Balaban J connectivity index is 2.03. The van der Waals surface area contributed by atoms with Gasteiger partial charge >= 0.3 is 0 Å². The van der Waals surface area contributed by atoms with E-state index in [2.05, 4.69) is 33.5 Å². The van der Waals surface area contributed by atoms with Crippen molar-refractivity contribution in [3.63, 3.8) is 0 Å². The van der Waals surface area contributed by atoms with Crippen LogP contribution in [-0.2, 0) is 0 Å². The Labute approximate surface area is 122 Å². The number of rotatable bonds is 4. The van der Waals surface area contributed by atoms with Crippen LogP contribution < -0.4 is 16.4 Å². The summed E-state index contributed by atoms with van der Waals surface area (Å²) in [6.07, 6.45) is 2.48. The number of primary amides is 1. The summed E-state index contributed by atoms with van der Waals surface area (Å²) in [5.74, 6) is 0.230. The maximum absolute atomic E-state index is 11.1. The van der Waals surface area contributed by atoms with E-state index in [1.165, 1.54) is 12.8 Å². The normalized spacial score (nSPS) is 20.8. The van der Waals surface area contributed by atoms with E-state index in [0.717, 1.165) is 23.2 Å². The Bertz CT molecular complexity index is 458. The molecule has 2 rings (SSSR count). The van der Waals surface area contributed by atoms with Crippen molar-refractivity contribution in [1.82, 2.24) is 5.32 Å². The maximum Gasteiger partial charge on any atom is 0.248 e. The van der Waals surface area contributed by atoms with Gasteiger partial charge in [0.05, 0.1) is 0 Å². The molecule has 0 bridgehead atoms. The van der Waals surface area contributed by atoms with Crippen molar-refractivity contribution >= 4 is 27.5 Å². The monoisotopic (exact) mass is 325 g/mol. The van der Waals surface area contributed by atoms with Crippen LogP contribution in [0.5, 0.6) is 0 Å². The van der Waals surface area contributed by atoms with E-state index in [0.29, 0.717) is 17.5 Å². The van der Waals surface area contributed by atoms with Crippen LogP contribution >= 0.6 is 15.9 Å². The highest BCUT2D eigenvalue weighted by Gasteiger charge is 2.20. The Morgan fingerprint density at radius 2 is 2.37 bits per heavy atom. The number of anilines is 1. The lowest BCUT2D eigenvalue weighted by molar-refractivity contribution is 0.100. The van der Waals surface area contributed by atoms with Crippen molar-refractivity contribution in [2.24, 2.45) is 11.7 Å². The average molecular weight is 326 g/mol. The van der Waals surface area contributed by atoms with Crippen molar-refractivity contribution in [1.29, 1.82) is 0 Å². The van der Waals surface area contributed by atoms with E-state index >= 15 is 0 Å². The predicted octanol–water partition coefficient (Wildman–Crippen LogP) is 2.35. The molecule has 2 unspecified atom stereocenters. The number of halogens is 1. The zero-order valence-corrected chi connectivity index (χ0v) is 12.7. The summed E-state index contributed by atoms with van der Waals surface area (Å²) >= 11 is 3.48. The molecule has 0 radical (unpaired) electrons. The number of nitrogens with one attached hydrogen (secondary N) is 2. The van der Waals surface area contributed by atoms with Gasteiger partial charge in [-0.15, -0.1) is 0 Å². The second-order valence-electron chi connectivity index (χ2n) is 5.10. The lowest BCUT2D eigenvalue weighted by atomic mass is 9.92. The van der Waals surface area contributed by atoms with Gasteiger partial charge < -0.3 is 16.4 Å². The molecule has 19 heavy (non-hydrogen) atoms. The molecule has 2 atom stereocenters. The minimum Gasteiger partial charge on any atom is -0.381 e. The fourth-order valence-electron chi connectivity index (χ4n) is 2.45. The molecule has 1 amide bonds. The van der Waals surface area contributed by atoms with Crippen LogP contribution in [0.25, 0.3) is 0 Å². The van der Waals surface area contributed by atoms with Gasteiger partial charge in [-0.3, -0.25) is 4.79 Å². The van der Waals surface area contributed by atoms with Gasteiger partial charge in [0.1, 0.15) is 0 Å². The molecule has 0 aliphatic carbocycles. The molecule has 4 nitrogen and oxygen atoms in total. The average Bonchev–Trinajstić information content (AvgIpc) is 2.41. The molecule has 0 saturated carbocycles. The van der Waals surface area contributed by atoms with Gasteiger partial charge in [0.2, 0.25) is 5.91 Å². The van der Waals surface area contributed by atoms with E-state index < -0.39 is 5.91 Å². The largest absolute Gasteiger partial charge is 0.381 e. The molecule has 1 aliphatic rings. The number of hydrogen-bond acceptors (Lipinski definition) is 3. The molecule has 104 valence electrons. The number of benzene rings is 1. The topological polar surface area (TPSA) is 67.1 Å². The molecule has 1 saturated heterocycles. The van der Waals surface area contributed by atoms with E-state index in [4.69, 9.17) is 5.73 Å². The molecule has 4 N–H and O–H groups in total. The van der Waals surface area contributed by atoms with Gasteiger partial charge in [-0.1, -0.05) is 0 Å². The van der Waals surface area contributed by atoms with E-state index in [1.807, 2.05) is 6.07 Å². The van der Waals surface area contributed by atoms with E-state index in [1.54, 1.807) is 12.1 Å². The first kappa shape index (κ1) is 14.3. The highest BCUT2D eigenvalue weighted by Crippen LogP contribution is 2.26. The first-order valence-electron chi connectivity index (χ1n) is 6.64. The van der Waals surface area contributed by atoms with Crippen LogP contribution in [0.4, 0.5) is 5.69 Å². The van der Waals surface area contributed by atoms with Crippen molar-refractivity contribution < 1.29 is 4.79 Å². The van der Waals surface area contributed by atoms with E-state index in [-0.39, 0.29) is 0 Å².